The summed E-state index contributed by atoms with van der Waals surface area (Å²) in [6.45, 7) is 0. The zero-order valence-corrected chi connectivity index (χ0v) is 15.0. The summed E-state index contributed by atoms with van der Waals surface area (Å²) >= 11 is 2.13. The molecule has 0 aliphatic carbocycles. The number of ether oxygens (including phenoxy) is 1. The summed E-state index contributed by atoms with van der Waals surface area (Å²) in [5.74, 6) is -1.16. The number of nitrogens with zero attached hydrogens (tertiary/aromatic N) is 1. The topological polar surface area (TPSA) is 103 Å². The molecule has 2 aromatic heterocycles. The number of ketones is 1. The molecule has 0 saturated carbocycles. The third kappa shape index (κ3) is 3.29. The van der Waals surface area contributed by atoms with Crippen molar-refractivity contribution in [1.29, 1.82) is 5.26 Å². The fourth-order valence-corrected chi connectivity index (χ4v) is 4.55. The Balaban J connectivity index is 1.88. The number of aromatic hydroxyl groups is 1. The van der Waals surface area contributed by atoms with Crippen LogP contribution in [0.5, 0.6) is 11.5 Å². The van der Waals surface area contributed by atoms with Crippen LogP contribution in [0.4, 0.5) is 4.39 Å². The molecule has 132 valence electrons. The molecule has 3 aromatic rings. The highest BCUT2D eigenvalue weighted by Gasteiger charge is 2.19. The number of methoxy groups -OCH3 is 1. The molecule has 0 radical (unpaired) electrons. The number of pyridine rings is 1. The van der Waals surface area contributed by atoms with Crippen LogP contribution in [-0.2, 0) is 0 Å². The number of nitrogens with one attached hydrogen (secondary N) is 1. The molecular formula is C17H11FN2O4S2. The first-order valence-corrected chi connectivity index (χ1v) is 9.03. The van der Waals surface area contributed by atoms with Gasteiger partial charge in [-0.25, -0.2) is 4.39 Å². The van der Waals surface area contributed by atoms with Crippen LogP contribution in [0.25, 0.3) is 10.2 Å². The first kappa shape index (κ1) is 18.0. The summed E-state index contributed by atoms with van der Waals surface area (Å²) in [5.41, 5.74) is -0.203. The fourth-order valence-electron chi connectivity index (χ4n) is 2.32. The quantitative estimate of drug-likeness (QED) is 0.512. The van der Waals surface area contributed by atoms with Gasteiger partial charge < -0.3 is 14.8 Å². The highest BCUT2D eigenvalue weighted by molar-refractivity contribution is 8.02. The van der Waals surface area contributed by atoms with Crippen molar-refractivity contribution in [2.75, 3.05) is 12.9 Å². The van der Waals surface area contributed by atoms with Gasteiger partial charge in [0.15, 0.2) is 5.78 Å². The molecule has 0 atom stereocenters. The summed E-state index contributed by atoms with van der Waals surface area (Å²) in [6, 6.07) is 6.95. The van der Waals surface area contributed by atoms with Gasteiger partial charge in [-0.2, -0.15) is 5.26 Å². The number of fused-ring (bicyclic) bond motifs is 1. The van der Waals surface area contributed by atoms with Crippen LogP contribution in [-0.4, -0.2) is 28.7 Å². The molecule has 3 rings (SSSR count). The van der Waals surface area contributed by atoms with Crippen molar-refractivity contribution in [1.82, 2.24) is 4.98 Å². The van der Waals surface area contributed by atoms with Gasteiger partial charge in [-0.1, -0.05) is 0 Å². The number of carbonyl (C=O) groups excluding carboxylic acids is 1. The summed E-state index contributed by atoms with van der Waals surface area (Å²) in [7, 11) is 1.40. The van der Waals surface area contributed by atoms with Crippen molar-refractivity contribution >= 4 is 39.1 Å². The number of thiophene rings is 1. The maximum absolute atomic E-state index is 14.0. The normalized spacial score (nSPS) is 10.7. The summed E-state index contributed by atoms with van der Waals surface area (Å²) in [5, 5.41) is 19.2. The summed E-state index contributed by atoms with van der Waals surface area (Å²) in [4.78, 5) is 26.3. The number of Topliss-reactive ketones (excluding diaryl/α,β-unsaturated/α-hetero) is 1. The lowest BCUT2D eigenvalue weighted by Gasteiger charge is -2.04. The number of H-pyrrole nitrogens is 1. The molecule has 0 bridgehead atoms. The van der Waals surface area contributed by atoms with Crippen LogP contribution < -0.4 is 10.3 Å². The van der Waals surface area contributed by atoms with Gasteiger partial charge in [-0.3, -0.25) is 9.59 Å². The average Bonchev–Trinajstić information content (AvgIpc) is 2.97. The lowest BCUT2D eigenvalue weighted by Crippen LogP contribution is -2.05. The minimum atomic E-state index is -0.686. The molecular weight excluding hydrogens is 379 g/mol. The van der Waals surface area contributed by atoms with Crippen molar-refractivity contribution in [2.24, 2.45) is 0 Å². The summed E-state index contributed by atoms with van der Waals surface area (Å²) in [6.07, 6.45) is 0. The van der Waals surface area contributed by atoms with E-state index >= 15 is 0 Å². The molecule has 0 aliphatic rings. The van der Waals surface area contributed by atoms with Gasteiger partial charge in [-0.05, 0) is 12.1 Å². The number of carbonyl (C=O) groups is 1. The molecule has 0 saturated heterocycles. The molecule has 0 aliphatic heterocycles. The van der Waals surface area contributed by atoms with Gasteiger partial charge in [-0.15, -0.1) is 23.1 Å². The van der Waals surface area contributed by atoms with E-state index in [1.165, 1.54) is 19.2 Å². The standard InChI is InChI=1S/C17H11FN2O4S2/c1-24-8-2-3-9(11(18)4-8)13(22)7-25-17-10(6-19)15-16(26-17)12(21)5-14(23)20-15/h2-5H,7H2,1H3,(H2,20,21,23). The molecule has 9 heteroatoms. The van der Waals surface area contributed by atoms with E-state index in [0.29, 0.717) is 14.7 Å². The van der Waals surface area contributed by atoms with E-state index in [1.807, 2.05) is 6.07 Å². The number of thioether (sulfide) groups is 1. The second-order valence-electron chi connectivity index (χ2n) is 5.16. The van der Waals surface area contributed by atoms with Crippen LogP contribution in [0.2, 0.25) is 0 Å². The average molecular weight is 390 g/mol. The maximum atomic E-state index is 14.0. The monoisotopic (exact) mass is 390 g/mol. The number of benzene rings is 1. The van der Waals surface area contributed by atoms with Crippen LogP contribution in [0, 0.1) is 17.1 Å². The van der Waals surface area contributed by atoms with Gasteiger partial charge in [0, 0.05) is 12.1 Å². The molecule has 2 heterocycles. The van der Waals surface area contributed by atoms with Crippen LogP contribution >= 0.6 is 23.1 Å². The molecule has 0 amide bonds. The third-order valence-electron chi connectivity index (χ3n) is 3.55. The van der Waals surface area contributed by atoms with Crippen LogP contribution in [0.3, 0.4) is 0 Å². The summed E-state index contributed by atoms with van der Waals surface area (Å²) < 4.78 is 19.7. The Kier molecular flexibility index (Phi) is 4.97. The molecule has 6 nitrogen and oxygen atoms in total. The highest BCUT2D eigenvalue weighted by atomic mass is 32.2. The van der Waals surface area contributed by atoms with Crippen molar-refractivity contribution in [2.45, 2.75) is 4.21 Å². The first-order valence-electron chi connectivity index (χ1n) is 7.23. The van der Waals surface area contributed by atoms with Gasteiger partial charge >= 0.3 is 0 Å². The zero-order valence-electron chi connectivity index (χ0n) is 13.3. The number of halogens is 1. The van der Waals surface area contributed by atoms with Gasteiger partial charge in [0.05, 0.1) is 32.9 Å². The van der Waals surface area contributed by atoms with E-state index in [0.717, 1.165) is 35.2 Å². The van der Waals surface area contributed by atoms with E-state index < -0.39 is 17.2 Å². The minimum Gasteiger partial charge on any atom is -0.506 e. The van der Waals surface area contributed by atoms with Crippen molar-refractivity contribution < 1.29 is 19.0 Å². The number of nitriles is 1. The molecule has 26 heavy (non-hydrogen) atoms. The predicted molar refractivity (Wildman–Crippen MR) is 96.8 cm³/mol. The van der Waals surface area contributed by atoms with Crippen LogP contribution in [0.15, 0.2) is 33.3 Å². The second kappa shape index (κ2) is 7.19. The van der Waals surface area contributed by atoms with Crippen molar-refractivity contribution in [3.05, 3.63) is 51.6 Å². The highest BCUT2D eigenvalue weighted by Crippen LogP contribution is 2.40. The molecule has 1 aromatic carbocycles. The number of rotatable bonds is 5. The predicted octanol–water partition coefficient (Wildman–Crippen LogP) is 3.29. The van der Waals surface area contributed by atoms with E-state index in [1.54, 1.807) is 0 Å². The molecule has 0 unspecified atom stereocenters. The van der Waals surface area contributed by atoms with E-state index in [-0.39, 0.29) is 28.1 Å². The minimum absolute atomic E-state index is 0.0748. The van der Waals surface area contributed by atoms with Crippen molar-refractivity contribution in [3.63, 3.8) is 0 Å². The Morgan fingerprint density at radius 2 is 2.23 bits per heavy atom. The van der Waals surface area contributed by atoms with Crippen molar-refractivity contribution in [3.8, 4) is 17.6 Å². The Morgan fingerprint density at radius 3 is 2.88 bits per heavy atom. The zero-order chi connectivity index (χ0) is 18.8. The largest absolute Gasteiger partial charge is 0.506 e. The number of aromatic nitrogens is 1. The molecule has 2 N–H and O–H groups in total. The van der Waals surface area contributed by atoms with Gasteiger partial charge in [0.1, 0.15) is 28.9 Å². The number of aromatic amines is 1. The maximum Gasteiger partial charge on any atom is 0.252 e. The van der Waals surface area contributed by atoms with Gasteiger partial charge in [0.2, 0.25) is 0 Å². The van der Waals surface area contributed by atoms with Crippen LogP contribution in [0.1, 0.15) is 15.9 Å². The SMILES string of the molecule is COc1ccc(C(=O)CSc2sc3c(O)cc(=O)[nH]c3c2C#N)c(F)c1. The number of hydrogen-bond donors (Lipinski definition) is 2. The Bertz CT molecular complexity index is 1110. The Labute approximate surface area is 154 Å². The second-order valence-corrected chi connectivity index (χ2v) is 7.42. The Hall–Kier alpha value is -2.83. The lowest BCUT2D eigenvalue weighted by molar-refractivity contribution is 0.101. The Morgan fingerprint density at radius 1 is 1.46 bits per heavy atom. The number of hydrogen-bond acceptors (Lipinski definition) is 7. The van der Waals surface area contributed by atoms with E-state index in [2.05, 4.69) is 4.98 Å². The first-order chi connectivity index (χ1) is 12.4. The molecule has 0 fully saturated rings. The van der Waals surface area contributed by atoms with E-state index in [9.17, 15) is 24.3 Å². The molecule has 0 spiro atoms. The lowest BCUT2D eigenvalue weighted by atomic mass is 10.1. The van der Waals surface area contributed by atoms with Gasteiger partial charge in [0.25, 0.3) is 5.56 Å². The van der Waals surface area contributed by atoms with E-state index in [4.69, 9.17) is 4.74 Å². The third-order valence-corrected chi connectivity index (χ3v) is 6.03. The smallest absolute Gasteiger partial charge is 0.252 e. The fraction of sp³-hybridized carbons (Fsp3) is 0.118.